The second kappa shape index (κ2) is 6.76. The highest BCUT2D eigenvalue weighted by atomic mass is 32.2. The molecule has 1 N–H and O–H groups in total. The molecule has 0 spiro atoms. The van der Waals surface area contributed by atoms with Gasteiger partial charge in [-0.1, -0.05) is 6.07 Å². The summed E-state index contributed by atoms with van der Waals surface area (Å²) in [6.45, 7) is 0.131. The van der Waals surface area contributed by atoms with Crippen molar-refractivity contribution in [3.8, 4) is 10.6 Å². The Kier molecular flexibility index (Phi) is 4.42. The van der Waals surface area contributed by atoms with Gasteiger partial charge in [0.1, 0.15) is 0 Å². The molecule has 4 rings (SSSR count). The normalized spacial score (nSPS) is 11.9. The SMILES string of the molecule is Cn1c(=O)oc2ccc(S(=O)(=O)NCc3ccnc(-c4cccs4)c3)cc21. The summed E-state index contributed by atoms with van der Waals surface area (Å²) in [6, 6.07) is 11.8. The van der Waals surface area contributed by atoms with Gasteiger partial charge < -0.3 is 4.42 Å². The molecule has 0 saturated carbocycles. The van der Waals surface area contributed by atoms with E-state index in [4.69, 9.17) is 4.42 Å². The van der Waals surface area contributed by atoms with Crippen molar-refractivity contribution in [3.05, 3.63) is 70.2 Å². The van der Waals surface area contributed by atoms with Crippen molar-refractivity contribution in [1.29, 1.82) is 0 Å². The highest BCUT2D eigenvalue weighted by molar-refractivity contribution is 7.89. The fourth-order valence-corrected chi connectivity index (χ4v) is 4.41. The number of hydrogen-bond acceptors (Lipinski definition) is 6. The number of hydrogen-bond donors (Lipinski definition) is 1. The molecule has 0 fully saturated rings. The summed E-state index contributed by atoms with van der Waals surface area (Å²) in [5.74, 6) is -0.537. The molecular weight excluding hydrogens is 386 g/mol. The number of nitrogens with one attached hydrogen (secondary N) is 1. The molecule has 7 nitrogen and oxygen atoms in total. The minimum atomic E-state index is -3.75. The maximum absolute atomic E-state index is 12.6. The van der Waals surface area contributed by atoms with Crippen molar-refractivity contribution >= 4 is 32.5 Å². The van der Waals surface area contributed by atoms with Gasteiger partial charge in [-0.05, 0) is 47.3 Å². The summed E-state index contributed by atoms with van der Waals surface area (Å²) >= 11 is 1.57. The average molecular weight is 401 g/mol. The van der Waals surface area contributed by atoms with Crippen LogP contribution in [-0.4, -0.2) is 18.0 Å². The number of oxazole rings is 1. The lowest BCUT2D eigenvalue weighted by molar-refractivity contribution is 0.528. The molecule has 1 aromatic carbocycles. The van der Waals surface area contributed by atoms with E-state index in [2.05, 4.69) is 9.71 Å². The molecule has 3 heterocycles. The Morgan fingerprint density at radius 2 is 2.07 bits per heavy atom. The number of pyridine rings is 1. The molecule has 0 unspecified atom stereocenters. The van der Waals surface area contributed by atoms with Crippen LogP contribution in [0.4, 0.5) is 0 Å². The van der Waals surface area contributed by atoms with Gasteiger partial charge in [0, 0.05) is 19.8 Å². The Hall–Kier alpha value is -2.75. The lowest BCUT2D eigenvalue weighted by atomic mass is 10.2. The van der Waals surface area contributed by atoms with Gasteiger partial charge in [-0.25, -0.2) is 17.9 Å². The molecule has 4 aromatic rings. The fourth-order valence-electron chi connectivity index (χ4n) is 2.68. The number of aryl methyl sites for hydroxylation is 1. The Labute approximate surface area is 159 Å². The summed E-state index contributed by atoms with van der Waals surface area (Å²) in [6.07, 6.45) is 1.66. The zero-order valence-electron chi connectivity index (χ0n) is 14.2. The Morgan fingerprint density at radius 3 is 2.85 bits per heavy atom. The van der Waals surface area contributed by atoms with E-state index < -0.39 is 15.8 Å². The largest absolute Gasteiger partial charge is 0.419 e. The van der Waals surface area contributed by atoms with Crippen LogP contribution in [0.3, 0.4) is 0 Å². The quantitative estimate of drug-likeness (QED) is 0.555. The summed E-state index contributed by atoms with van der Waals surface area (Å²) in [5, 5.41) is 1.96. The predicted octanol–water partition coefficient (Wildman–Crippen LogP) is 2.73. The zero-order valence-corrected chi connectivity index (χ0v) is 15.9. The van der Waals surface area contributed by atoms with Crippen LogP contribution >= 0.6 is 11.3 Å². The van der Waals surface area contributed by atoms with Crippen molar-refractivity contribution in [2.75, 3.05) is 0 Å². The monoisotopic (exact) mass is 401 g/mol. The summed E-state index contributed by atoms with van der Waals surface area (Å²) in [5.41, 5.74) is 2.37. The number of fused-ring (bicyclic) bond motifs is 1. The minimum Gasteiger partial charge on any atom is -0.408 e. The molecule has 0 saturated heterocycles. The molecule has 0 radical (unpaired) electrons. The first-order chi connectivity index (χ1) is 12.9. The minimum absolute atomic E-state index is 0.0685. The maximum Gasteiger partial charge on any atom is 0.419 e. The zero-order chi connectivity index (χ0) is 19.0. The first-order valence-corrected chi connectivity index (χ1v) is 10.4. The molecule has 0 aliphatic heterocycles. The molecule has 0 bridgehead atoms. The van der Waals surface area contributed by atoms with Gasteiger partial charge in [-0.3, -0.25) is 9.55 Å². The van der Waals surface area contributed by atoms with Crippen molar-refractivity contribution in [2.24, 2.45) is 7.05 Å². The van der Waals surface area contributed by atoms with Crippen molar-refractivity contribution in [2.45, 2.75) is 11.4 Å². The number of rotatable bonds is 5. The molecule has 27 heavy (non-hydrogen) atoms. The van der Waals surface area contributed by atoms with Crippen LogP contribution in [0, 0.1) is 0 Å². The molecule has 0 atom stereocenters. The van der Waals surface area contributed by atoms with Gasteiger partial charge in [0.25, 0.3) is 0 Å². The Balaban J connectivity index is 1.58. The van der Waals surface area contributed by atoms with E-state index in [1.165, 1.54) is 29.8 Å². The van der Waals surface area contributed by atoms with E-state index in [0.717, 1.165) is 16.1 Å². The fraction of sp³-hybridized carbons (Fsp3) is 0.111. The van der Waals surface area contributed by atoms with Crippen LogP contribution in [0.25, 0.3) is 21.7 Å². The lowest BCUT2D eigenvalue weighted by Gasteiger charge is -2.08. The molecule has 0 aliphatic rings. The first-order valence-electron chi connectivity index (χ1n) is 8.02. The number of sulfonamides is 1. The highest BCUT2D eigenvalue weighted by Gasteiger charge is 2.17. The van der Waals surface area contributed by atoms with Gasteiger partial charge in [0.15, 0.2) is 5.58 Å². The number of aromatic nitrogens is 2. The molecule has 138 valence electrons. The molecule has 0 amide bonds. The van der Waals surface area contributed by atoms with Crippen LogP contribution < -0.4 is 10.5 Å². The van der Waals surface area contributed by atoms with Crippen LogP contribution in [0.1, 0.15) is 5.56 Å². The number of thiophene rings is 1. The number of benzene rings is 1. The van der Waals surface area contributed by atoms with Crippen molar-refractivity contribution in [3.63, 3.8) is 0 Å². The predicted molar refractivity (Wildman–Crippen MR) is 103 cm³/mol. The van der Waals surface area contributed by atoms with Gasteiger partial charge in [-0.2, -0.15) is 0 Å². The first kappa shape index (κ1) is 17.7. The van der Waals surface area contributed by atoms with Crippen LogP contribution in [-0.2, 0) is 23.6 Å². The van der Waals surface area contributed by atoms with Gasteiger partial charge >= 0.3 is 5.76 Å². The van der Waals surface area contributed by atoms with Gasteiger partial charge in [-0.15, -0.1) is 11.3 Å². The van der Waals surface area contributed by atoms with Crippen LogP contribution in [0.15, 0.2) is 68.1 Å². The third-order valence-electron chi connectivity index (χ3n) is 4.14. The van der Waals surface area contributed by atoms with E-state index in [-0.39, 0.29) is 11.4 Å². The number of nitrogens with zero attached hydrogens (tertiary/aromatic N) is 2. The Morgan fingerprint density at radius 1 is 1.22 bits per heavy atom. The average Bonchev–Trinajstić information content (AvgIpc) is 3.29. The van der Waals surface area contributed by atoms with E-state index in [1.807, 2.05) is 23.6 Å². The van der Waals surface area contributed by atoms with E-state index >= 15 is 0 Å². The molecule has 3 aromatic heterocycles. The Bertz CT molecular complexity index is 1270. The molecule has 9 heteroatoms. The van der Waals surface area contributed by atoms with Gasteiger partial charge in [0.05, 0.1) is 21.0 Å². The van der Waals surface area contributed by atoms with E-state index in [9.17, 15) is 13.2 Å². The summed E-state index contributed by atoms with van der Waals surface area (Å²) in [4.78, 5) is 17.0. The standard InChI is InChI=1S/C18H15N3O4S2/c1-21-15-10-13(4-5-16(15)25-18(21)22)27(23,24)20-11-12-6-7-19-14(9-12)17-3-2-8-26-17/h2-10,20H,11H2,1H3. The topological polar surface area (TPSA) is 94.2 Å². The second-order valence-electron chi connectivity index (χ2n) is 5.91. The van der Waals surface area contributed by atoms with Crippen molar-refractivity contribution in [1.82, 2.24) is 14.3 Å². The summed E-state index contributed by atoms with van der Waals surface area (Å²) in [7, 11) is -2.22. The molecule has 0 aliphatic carbocycles. The lowest BCUT2D eigenvalue weighted by Crippen LogP contribution is -2.23. The summed E-state index contributed by atoms with van der Waals surface area (Å²) < 4.78 is 34.2. The van der Waals surface area contributed by atoms with Crippen LogP contribution in [0.2, 0.25) is 0 Å². The smallest absolute Gasteiger partial charge is 0.408 e. The third kappa shape index (κ3) is 3.44. The van der Waals surface area contributed by atoms with Gasteiger partial charge in [0.2, 0.25) is 10.0 Å². The van der Waals surface area contributed by atoms with E-state index in [1.54, 1.807) is 23.6 Å². The van der Waals surface area contributed by atoms with E-state index in [0.29, 0.717) is 11.1 Å². The highest BCUT2D eigenvalue weighted by Crippen LogP contribution is 2.23. The third-order valence-corrected chi connectivity index (χ3v) is 6.43. The second-order valence-corrected chi connectivity index (χ2v) is 8.62. The molecular formula is C18H15N3O4S2. The van der Waals surface area contributed by atoms with Crippen LogP contribution in [0.5, 0.6) is 0 Å². The van der Waals surface area contributed by atoms with Crippen molar-refractivity contribution < 1.29 is 12.8 Å². The maximum atomic E-state index is 12.6.